The molecule has 3 saturated heterocycles. The smallest absolute Gasteiger partial charge is 0.293 e. The lowest BCUT2D eigenvalue weighted by Crippen LogP contribution is -2.40. The third-order valence-electron chi connectivity index (χ3n) is 5.02. The van der Waals surface area contributed by atoms with Crippen LogP contribution < -0.4 is 0 Å². The highest BCUT2D eigenvalue weighted by molar-refractivity contribution is 5.36. The van der Waals surface area contributed by atoms with E-state index >= 15 is 0 Å². The van der Waals surface area contributed by atoms with Crippen molar-refractivity contribution in [3.63, 3.8) is 0 Å². The highest BCUT2D eigenvalue weighted by atomic mass is 16.5. The van der Waals surface area contributed by atoms with E-state index in [-0.39, 0.29) is 0 Å². The Kier molecular flexibility index (Phi) is 2.88. The van der Waals surface area contributed by atoms with Gasteiger partial charge in [0.05, 0.1) is 6.61 Å². The first-order chi connectivity index (χ1) is 7.88. The summed E-state index contributed by atoms with van der Waals surface area (Å²) in [6, 6.07) is 0. The summed E-state index contributed by atoms with van der Waals surface area (Å²) in [5.74, 6) is 3.29. The number of carbonyl (C=O) groups excluding carboxylic acids is 1. The topological polar surface area (TPSA) is 29.5 Å². The van der Waals surface area contributed by atoms with Crippen molar-refractivity contribution in [1.82, 2.24) is 4.90 Å². The van der Waals surface area contributed by atoms with Gasteiger partial charge < -0.3 is 9.64 Å². The molecule has 0 spiro atoms. The van der Waals surface area contributed by atoms with E-state index in [0.717, 1.165) is 24.3 Å². The van der Waals surface area contributed by atoms with E-state index in [4.69, 9.17) is 4.74 Å². The minimum Gasteiger partial charge on any atom is -0.468 e. The fourth-order valence-corrected chi connectivity index (χ4v) is 4.38. The van der Waals surface area contributed by atoms with Gasteiger partial charge in [-0.1, -0.05) is 6.42 Å². The fraction of sp³-hybridized carbons (Fsp3) is 0.923. The SMILES string of the molecule is O=COCC1CN2CCC1C1CCCC1C2. The fourth-order valence-electron chi connectivity index (χ4n) is 4.38. The molecule has 16 heavy (non-hydrogen) atoms. The lowest BCUT2D eigenvalue weighted by molar-refractivity contribution is -0.131. The van der Waals surface area contributed by atoms with E-state index in [0.29, 0.717) is 19.0 Å². The van der Waals surface area contributed by atoms with Crippen molar-refractivity contribution in [1.29, 1.82) is 0 Å². The number of hydrogen-bond acceptors (Lipinski definition) is 3. The Balaban J connectivity index is 1.75. The largest absolute Gasteiger partial charge is 0.468 e. The molecule has 4 rings (SSSR count). The molecule has 2 bridgehead atoms. The Morgan fingerprint density at radius 1 is 1.19 bits per heavy atom. The summed E-state index contributed by atoms with van der Waals surface area (Å²) in [7, 11) is 0. The average Bonchev–Trinajstić information content (AvgIpc) is 2.63. The lowest BCUT2D eigenvalue weighted by atomic mass is 9.75. The van der Waals surface area contributed by atoms with Gasteiger partial charge in [-0.2, -0.15) is 0 Å². The Labute approximate surface area is 97.1 Å². The summed E-state index contributed by atoms with van der Waals surface area (Å²) >= 11 is 0. The number of ether oxygens (including phenoxy) is 1. The molecule has 3 heterocycles. The first-order valence-corrected chi connectivity index (χ1v) is 6.66. The first-order valence-electron chi connectivity index (χ1n) is 6.66. The van der Waals surface area contributed by atoms with E-state index in [2.05, 4.69) is 4.90 Å². The zero-order valence-electron chi connectivity index (χ0n) is 9.81. The zero-order chi connectivity index (χ0) is 11.0. The van der Waals surface area contributed by atoms with Crippen molar-refractivity contribution in [3.8, 4) is 0 Å². The molecular formula is C13H21NO2. The molecule has 90 valence electrons. The van der Waals surface area contributed by atoms with Crippen molar-refractivity contribution in [2.24, 2.45) is 23.7 Å². The standard InChI is InChI=1S/C13H21NO2/c15-9-16-8-11-7-14-5-4-13(11)12-3-1-2-10(12)6-14/h9-13H,1-8H2. The van der Waals surface area contributed by atoms with Gasteiger partial charge >= 0.3 is 0 Å². The monoisotopic (exact) mass is 223 g/mol. The van der Waals surface area contributed by atoms with Crippen molar-refractivity contribution >= 4 is 6.47 Å². The molecule has 0 N–H and O–H groups in total. The molecule has 1 aliphatic carbocycles. The van der Waals surface area contributed by atoms with Crippen molar-refractivity contribution in [2.45, 2.75) is 25.7 Å². The molecule has 5 unspecified atom stereocenters. The minimum atomic E-state index is 0.604. The van der Waals surface area contributed by atoms with E-state index in [1.54, 1.807) is 0 Å². The Hall–Kier alpha value is -0.570. The van der Waals surface area contributed by atoms with Gasteiger partial charge in [-0.25, -0.2) is 0 Å². The van der Waals surface area contributed by atoms with Gasteiger partial charge in [0.15, 0.2) is 0 Å². The van der Waals surface area contributed by atoms with Crippen molar-refractivity contribution in [2.75, 3.05) is 26.2 Å². The molecule has 0 amide bonds. The number of carbonyl (C=O) groups is 1. The van der Waals surface area contributed by atoms with Gasteiger partial charge in [0.2, 0.25) is 0 Å². The number of nitrogens with zero attached hydrogens (tertiary/aromatic N) is 1. The molecule has 3 nitrogen and oxygen atoms in total. The second-order valence-corrected chi connectivity index (χ2v) is 5.76. The summed E-state index contributed by atoms with van der Waals surface area (Å²) in [6.07, 6.45) is 5.59. The number of rotatable bonds is 3. The second-order valence-electron chi connectivity index (χ2n) is 5.76. The summed E-state index contributed by atoms with van der Waals surface area (Å²) < 4.78 is 5.02. The van der Waals surface area contributed by atoms with Crippen LogP contribution in [0.3, 0.4) is 0 Å². The van der Waals surface area contributed by atoms with Crippen molar-refractivity contribution in [3.05, 3.63) is 0 Å². The summed E-state index contributed by atoms with van der Waals surface area (Å²) in [5, 5.41) is 0. The lowest BCUT2D eigenvalue weighted by Gasteiger charge is -2.36. The molecular weight excluding hydrogens is 202 g/mol. The van der Waals surface area contributed by atoms with E-state index < -0.39 is 0 Å². The molecule has 1 saturated carbocycles. The van der Waals surface area contributed by atoms with Crippen LogP contribution in [0.1, 0.15) is 25.7 Å². The van der Waals surface area contributed by atoms with Crippen LogP contribution >= 0.6 is 0 Å². The molecule has 0 aromatic rings. The van der Waals surface area contributed by atoms with Gasteiger partial charge in [0, 0.05) is 19.0 Å². The average molecular weight is 223 g/mol. The Morgan fingerprint density at radius 2 is 2.12 bits per heavy atom. The molecule has 3 aliphatic heterocycles. The summed E-state index contributed by atoms with van der Waals surface area (Å²) in [4.78, 5) is 12.9. The van der Waals surface area contributed by atoms with Crippen molar-refractivity contribution < 1.29 is 9.53 Å². The van der Waals surface area contributed by atoms with Crippen LogP contribution in [0.15, 0.2) is 0 Å². The van der Waals surface area contributed by atoms with Gasteiger partial charge in [-0.3, -0.25) is 4.79 Å². The maximum Gasteiger partial charge on any atom is 0.293 e. The highest BCUT2D eigenvalue weighted by Gasteiger charge is 2.44. The highest BCUT2D eigenvalue weighted by Crippen LogP contribution is 2.46. The Morgan fingerprint density at radius 3 is 3.00 bits per heavy atom. The van der Waals surface area contributed by atoms with Crippen LogP contribution in [0.4, 0.5) is 0 Å². The number of piperidine rings is 1. The maximum absolute atomic E-state index is 10.3. The molecule has 0 radical (unpaired) electrons. The van der Waals surface area contributed by atoms with Crippen LogP contribution in [0.25, 0.3) is 0 Å². The summed E-state index contributed by atoms with van der Waals surface area (Å²) in [6.45, 7) is 4.99. The molecule has 4 aliphatic rings. The van der Waals surface area contributed by atoms with E-state index in [9.17, 15) is 4.79 Å². The van der Waals surface area contributed by atoms with Crippen LogP contribution in [-0.2, 0) is 9.53 Å². The van der Waals surface area contributed by atoms with Gasteiger partial charge in [0.1, 0.15) is 0 Å². The minimum absolute atomic E-state index is 0.604. The number of fused-ring (bicyclic) bond motifs is 2. The Bertz CT molecular complexity index is 269. The quantitative estimate of drug-likeness (QED) is 0.680. The molecule has 4 fully saturated rings. The molecule has 3 heteroatoms. The van der Waals surface area contributed by atoms with Gasteiger partial charge in [0.25, 0.3) is 6.47 Å². The third kappa shape index (κ3) is 1.75. The molecule has 0 aromatic heterocycles. The van der Waals surface area contributed by atoms with E-state index in [1.165, 1.54) is 38.8 Å². The van der Waals surface area contributed by atoms with E-state index in [1.807, 2.05) is 0 Å². The van der Waals surface area contributed by atoms with Crippen LogP contribution in [0, 0.1) is 23.7 Å². The summed E-state index contributed by atoms with van der Waals surface area (Å²) in [5.41, 5.74) is 0. The molecule has 5 atom stereocenters. The number of hydrogen-bond donors (Lipinski definition) is 0. The van der Waals surface area contributed by atoms with Crippen LogP contribution in [-0.4, -0.2) is 37.6 Å². The maximum atomic E-state index is 10.3. The predicted molar refractivity (Wildman–Crippen MR) is 60.9 cm³/mol. The van der Waals surface area contributed by atoms with Crippen LogP contribution in [0.2, 0.25) is 0 Å². The van der Waals surface area contributed by atoms with Gasteiger partial charge in [-0.15, -0.1) is 0 Å². The zero-order valence-corrected chi connectivity index (χ0v) is 9.81. The second kappa shape index (κ2) is 4.36. The predicted octanol–water partition coefficient (Wildman–Crippen LogP) is 1.53. The third-order valence-corrected chi connectivity index (χ3v) is 5.02. The molecule has 0 aromatic carbocycles. The van der Waals surface area contributed by atoms with Gasteiger partial charge in [-0.05, 0) is 43.6 Å². The van der Waals surface area contributed by atoms with Crippen LogP contribution in [0.5, 0.6) is 0 Å². The first kappa shape index (κ1) is 10.6. The normalized spacial score (nSPS) is 46.1.